The van der Waals surface area contributed by atoms with Crippen LogP contribution in [0.3, 0.4) is 0 Å². The lowest BCUT2D eigenvalue weighted by atomic mass is 10.1. The maximum Gasteiger partial charge on any atom is 0.271 e. The maximum atomic E-state index is 12.0. The van der Waals surface area contributed by atoms with Gasteiger partial charge in [-0.1, -0.05) is 24.3 Å². The molecule has 7 nitrogen and oxygen atoms in total. The van der Waals surface area contributed by atoms with Gasteiger partial charge in [0.25, 0.3) is 11.6 Å². The van der Waals surface area contributed by atoms with Crippen molar-refractivity contribution >= 4 is 28.8 Å². The molecule has 2 aromatic carbocycles. The number of furan rings is 1. The van der Waals surface area contributed by atoms with Gasteiger partial charge in [-0.05, 0) is 19.1 Å². The van der Waals surface area contributed by atoms with Crippen LogP contribution in [0.25, 0.3) is 11.0 Å². The number of hydrogen-bond donors (Lipinski definition) is 1. The average Bonchev–Trinajstić information content (AvgIpc) is 2.90. The molecule has 0 unspecified atom stereocenters. The molecule has 0 aliphatic heterocycles. The second-order valence-electron chi connectivity index (χ2n) is 5.07. The predicted octanol–water partition coefficient (Wildman–Crippen LogP) is 3.41. The van der Waals surface area contributed by atoms with Crippen molar-refractivity contribution in [3.8, 4) is 0 Å². The van der Waals surface area contributed by atoms with Gasteiger partial charge in [0, 0.05) is 28.6 Å². The van der Waals surface area contributed by atoms with Gasteiger partial charge >= 0.3 is 0 Å². The largest absolute Gasteiger partial charge is 0.461 e. The first kappa shape index (κ1) is 15.4. The van der Waals surface area contributed by atoms with Gasteiger partial charge in [0.15, 0.2) is 0 Å². The monoisotopic (exact) mass is 323 g/mol. The maximum absolute atomic E-state index is 12.0. The Hall–Kier alpha value is -3.48. The molecule has 0 saturated carbocycles. The van der Waals surface area contributed by atoms with E-state index in [1.165, 1.54) is 30.5 Å². The first-order chi connectivity index (χ1) is 11.6. The van der Waals surface area contributed by atoms with Crippen LogP contribution in [0.4, 0.5) is 5.69 Å². The Kier molecular flexibility index (Phi) is 4.07. The number of carbonyl (C=O) groups is 1. The van der Waals surface area contributed by atoms with Gasteiger partial charge in [-0.25, -0.2) is 5.43 Å². The summed E-state index contributed by atoms with van der Waals surface area (Å²) in [5.74, 6) is 0.157. The van der Waals surface area contributed by atoms with Gasteiger partial charge in [-0.15, -0.1) is 0 Å². The van der Waals surface area contributed by atoms with Crippen LogP contribution in [-0.4, -0.2) is 17.0 Å². The molecule has 0 saturated heterocycles. The molecule has 0 fully saturated rings. The van der Waals surface area contributed by atoms with E-state index < -0.39 is 10.8 Å². The highest BCUT2D eigenvalue weighted by atomic mass is 16.6. The van der Waals surface area contributed by atoms with Crippen LogP contribution in [0, 0.1) is 17.0 Å². The minimum absolute atomic E-state index is 0.150. The molecule has 24 heavy (non-hydrogen) atoms. The summed E-state index contributed by atoms with van der Waals surface area (Å²) >= 11 is 0. The number of nitro groups is 1. The number of nitrogens with one attached hydrogen (secondary N) is 1. The number of nitrogens with zero attached hydrogens (tertiary/aromatic N) is 2. The summed E-state index contributed by atoms with van der Waals surface area (Å²) in [6, 6.07) is 13.0. The highest BCUT2D eigenvalue weighted by Gasteiger charge is 2.11. The molecule has 0 bridgehead atoms. The third kappa shape index (κ3) is 3.00. The molecule has 0 radical (unpaired) electrons. The molecule has 7 heteroatoms. The second kappa shape index (κ2) is 6.33. The average molecular weight is 323 g/mol. The SMILES string of the molecule is Cc1oc2ccccc2c1C=NNC(=O)c1cccc([N+](=O)[O-])c1. The number of para-hydroxylation sites is 1. The molecule has 0 aliphatic rings. The van der Waals surface area contributed by atoms with Crippen molar-refractivity contribution < 1.29 is 14.1 Å². The van der Waals surface area contributed by atoms with Crippen molar-refractivity contribution in [3.63, 3.8) is 0 Å². The fourth-order valence-corrected chi connectivity index (χ4v) is 2.33. The van der Waals surface area contributed by atoms with E-state index in [4.69, 9.17) is 4.42 Å². The molecule has 0 spiro atoms. The Labute approximate surface area is 136 Å². The summed E-state index contributed by atoms with van der Waals surface area (Å²) < 4.78 is 5.60. The first-order valence-corrected chi connectivity index (χ1v) is 7.12. The number of rotatable bonds is 4. The van der Waals surface area contributed by atoms with E-state index in [0.717, 1.165) is 16.5 Å². The van der Waals surface area contributed by atoms with Gasteiger partial charge in [0.1, 0.15) is 11.3 Å². The topological polar surface area (TPSA) is 97.7 Å². The van der Waals surface area contributed by atoms with Crippen LogP contribution in [-0.2, 0) is 0 Å². The number of non-ortho nitro benzene ring substituents is 1. The summed E-state index contributed by atoms with van der Waals surface area (Å²) in [5, 5.41) is 15.6. The van der Waals surface area contributed by atoms with E-state index in [1.54, 1.807) is 0 Å². The molecule has 120 valence electrons. The highest BCUT2D eigenvalue weighted by Crippen LogP contribution is 2.23. The zero-order valence-electron chi connectivity index (χ0n) is 12.7. The highest BCUT2D eigenvalue weighted by molar-refractivity contribution is 6.00. The Morgan fingerprint density at radius 2 is 2.04 bits per heavy atom. The number of hydrazone groups is 1. The van der Waals surface area contributed by atoms with Crippen molar-refractivity contribution in [2.45, 2.75) is 6.92 Å². The van der Waals surface area contributed by atoms with Crippen molar-refractivity contribution in [1.29, 1.82) is 0 Å². The summed E-state index contributed by atoms with van der Waals surface area (Å²) in [4.78, 5) is 22.2. The molecule has 1 aromatic heterocycles. The fraction of sp³-hybridized carbons (Fsp3) is 0.0588. The third-order valence-corrected chi connectivity index (χ3v) is 3.50. The molecule has 1 heterocycles. The number of aryl methyl sites for hydroxylation is 1. The summed E-state index contributed by atoms with van der Waals surface area (Å²) in [7, 11) is 0. The van der Waals surface area contributed by atoms with Gasteiger partial charge in [-0.2, -0.15) is 5.10 Å². The number of amides is 1. The van der Waals surface area contributed by atoms with Gasteiger partial charge < -0.3 is 4.42 Å². The van der Waals surface area contributed by atoms with Gasteiger partial charge in [0.2, 0.25) is 0 Å². The van der Waals surface area contributed by atoms with Crippen molar-refractivity contribution in [1.82, 2.24) is 5.43 Å². The van der Waals surface area contributed by atoms with Crippen LogP contribution in [0.5, 0.6) is 0 Å². The summed E-state index contributed by atoms with van der Waals surface area (Å²) in [5.41, 5.74) is 3.88. The molecule has 3 aromatic rings. The molecular weight excluding hydrogens is 310 g/mol. The first-order valence-electron chi connectivity index (χ1n) is 7.12. The quantitative estimate of drug-likeness (QED) is 0.452. The van der Waals surface area contributed by atoms with E-state index in [0.29, 0.717) is 5.76 Å². The zero-order chi connectivity index (χ0) is 17.1. The smallest absolute Gasteiger partial charge is 0.271 e. The lowest BCUT2D eigenvalue weighted by Crippen LogP contribution is -2.17. The van der Waals surface area contributed by atoms with Crippen LogP contribution >= 0.6 is 0 Å². The minimum atomic E-state index is -0.555. The fourth-order valence-electron chi connectivity index (χ4n) is 2.33. The molecule has 1 amide bonds. The molecule has 0 atom stereocenters. The van der Waals surface area contributed by atoms with Crippen molar-refractivity contribution in [2.24, 2.45) is 5.10 Å². The predicted molar refractivity (Wildman–Crippen MR) is 89.1 cm³/mol. The van der Waals surface area contributed by atoms with Crippen LogP contribution < -0.4 is 5.43 Å². The molecule has 0 aliphatic carbocycles. The minimum Gasteiger partial charge on any atom is -0.461 e. The normalized spacial score (nSPS) is 11.0. The Morgan fingerprint density at radius 1 is 1.25 bits per heavy atom. The zero-order valence-corrected chi connectivity index (χ0v) is 12.7. The summed E-state index contributed by atoms with van der Waals surface area (Å²) in [6.07, 6.45) is 1.50. The van der Waals surface area contributed by atoms with E-state index >= 15 is 0 Å². The van der Waals surface area contributed by atoms with E-state index in [2.05, 4.69) is 10.5 Å². The number of nitro benzene ring substituents is 1. The lowest BCUT2D eigenvalue weighted by Gasteiger charge is -1.99. The van der Waals surface area contributed by atoms with E-state index in [9.17, 15) is 14.9 Å². The number of hydrogen-bond acceptors (Lipinski definition) is 5. The third-order valence-electron chi connectivity index (χ3n) is 3.50. The molecule has 3 rings (SSSR count). The molecular formula is C17H13N3O4. The van der Waals surface area contributed by atoms with E-state index in [-0.39, 0.29) is 11.3 Å². The number of carbonyl (C=O) groups excluding carboxylic acids is 1. The number of benzene rings is 2. The van der Waals surface area contributed by atoms with Crippen molar-refractivity contribution in [3.05, 3.63) is 75.5 Å². The van der Waals surface area contributed by atoms with Gasteiger partial charge in [-0.3, -0.25) is 14.9 Å². The van der Waals surface area contributed by atoms with Gasteiger partial charge in [0.05, 0.1) is 11.1 Å². The standard InChI is InChI=1S/C17H13N3O4/c1-11-15(14-7-2-3-8-16(14)24-11)10-18-19-17(21)12-5-4-6-13(9-12)20(22)23/h2-10H,1H3,(H,19,21). The summed E-state index contributed by atoms with van der Waals surface area (Å²) in [6.45, 7) is 1.81. The van der Waals surface area contributed by atoms with E-state index in [1.807, 2.05) is 31.2 Å². The lowest BCUT2D eigenvalue weighted by molar-refractivity contribution is -0.384. The Morgan fingerprint density at radius 3 is 2.83 bits per heavy atom. The van der Waals surface area contributed by atoms with Crippen LogP contribution in [0.15, 0.2) is 58.0 Å². The van der Waals surface area contributed by atoms with Crippen molar-refractivity contribution in [2.75, 3.05) is 0 Å². The molecule has 1 N–H and O–H groups in total. The second-order valence-corrected chi connectivity index (χ2v) is 5.07. The van der Waals surface area contributed by atoms with Crippen LogP contribution in [0.2, 0.25) is 0 Å². The Balaban J connectivity index is 1.78. The van der Waals surface area contributed by atoms with Crippen LogP contribution in [0.1, 0.15) is 21.7 Å². The number of fused-ring (bicyclic) bond motifs is 1. The Bertz CT molecular complexity index is 959.